The third-order valence-corrected chi connectivity index (χ3v) is 4.41. The van der Waals surface area contributed by atoms with E-state index in [1.165, 1.54) is 5.56 Å². The summed E-state index contributed by atoms with van der Waals surface area (Å²) in [6.07, 6.45) is 5.94. The zero-order chi connectivity index (χ0) is 18.2. The van der Waals surface area contributed by atoms with Crippen LogP contribution in [0, 0.1) is 6.92 Å². The van der Waals surface area contributed by atoms with Gasteiger partial charge in [0.05, 0.1) is 12.3 Å². The number of amides is 2. The molecular weight excluding hydrogens is 332 g/mol. The molecule has 1 aliphatic rings. The number of urea groups is 1. The third kappa shape index (κ3) is 5.49. The summed E-state index contributed by atoms with van der Waals surface area (Å²) in [5, 5.41) is 12.6. The van der Waals surface area contributed by atoms with Gasteiger partial charge in [-0.3, -0.25) is 5.10 Å². The molecule has 0 saturated carbocycles. The van der Waals surface area contributed by atoms with Gasteiger partial charge in [-0.2, -0.15) is 5.10 Å². The number of hydrogen-bond donors (Lipinski definition) is 3. The number of nitrogens with one attached hydrogen (secondary N) is 3. The standard InChI is InChI=1S/C19H26N4O3/c1-14-15(12-21-23-14)4-2-10-20-19(24)22-16-6-8-17(9-7-16)26-13-18-5-3-11-25-18/h6-9,12,18H,2-5,10-11,13H2,1H3,(H,21,23)(H2,20,22,24). The quantitative estimate of drug-likeness (QED) is 0.633. The molecule has 1 atom stereocenters. The summed E-state index contributed by atoms with van der Waals surface area (Å²) in [5.74, 6) is 0.780. The molecule has 0 radical (unpaired) electrons. The average Bonchev–Trinajstić information content (AvgIpc) is 3.30. The largest absolute Gasteiger partial charge is 0.491 e. The van der Waals surface area contributed by atoms with Crippen LogP contribution in [0.4, 0.5) is 10.5 Å². The Balaban J connectivity index is 1.33. The Labute approximate surface area is 153 Å². The van der Waals surface area contributed by atoms with Gasteiger partial charge in [0.25, 0.3) is 0 Å². The van der Waals surface area contributed by atoms with Crippen molar-refractivity contribution in [3.05, 3.63) is 41.7 Å². The number of aromatic nitrogens is 2. The lowest BCUT2D eigenvalue weighted by molar-refractivity contribution is 0.0679. The van der Waals surface area contributed by atoms with Crippen molar-refractivity contribution in [3.8, 4) is 5.75 Å². The van der Waals surface area contributed by atoms with E-state index in [0.29, 0.717) is 13.2 Å². The van der Waals surface area contributed by atoms with Gasteiger partial charge in [0.1, 0.15) is 12.4 Å². The number of hydrogen-bond acceptors (Lipinski definition) is 4. The topological polar surface area (TPSA) is 88.3 Å². The normalized spacial score (nSPS) is 16.4. The van der Waals surface area contributed by atoms with Crippen LogP contribution in [0.3, 0.4) is 0 Å². The van der Waals surface area contributed by atoms with E-state index in [1.807, 2.05) is 37.4 Å². The van der Waals surface area contributed by atoms with Gasteiger partial charge in [0, 0.05) is 24.5 Å². The number of benzene rings is 1. The van der Waals surface area contributed by atoms with Crippen molar-refractivity contribution >= 4 is 11.7 Å². The van der Waals surface area contributed by atoms with Crippen LogP contribution in [0.25, 0.3) is 0 Å². The first-order valence-electron chi connectivity index (χ1n) is 9.09. The molecule has 3 N–H and O–H groups in total. The van der Waals surface area contributed by atoms with Gasteiger partial charge < -0.3 is 20.1 Å². The van der Waals surface area contributed by atoms with Crippen LogP contribution in [-0.4, -0.2) is 42.1 Å². The van der Waals surface area contributed by atoms with Crippen LogP contribution in [0.1, 0.15) is 30.5 Å². The van der Waals surface area contributed by atoms with E-state index in [1.54, 1.807) is 0 Å². The van der Waals surface area contributed by atoms with Crippen molar-refractivity contribution in [3.63, 3.8) is 0 Å². The highest BCUT2D eigenvalue weighted by Crippen LogP contribution is 2.18. The summed E-state index contributed by atoms with van der Waals surface area (Å²) < 4.78 is 11.2. The summed E-state index contributed by atoms with van der Waals surface area (Å²) in [6, 6.07) is 7.17. The van der Waals surface area contributed by atoms with Gasteiger partial charge >= 0.3 is 6.03 Å². The highest BCUT2D eigenvalue weighted by molar-refractivity contribution is 5.89. The molecule has 7 heteroatoms. The maximum atomic E-state index is 11.9. The van der Waals surface area contributed by atoms with Gasteiger partial charge in [0.2, 0.25) is 0 Å². The molecule has 1 unspecified atom stereocenters. The van der Waals surface area contributed by atoms with Crippen molar-refractivity contribution in [2.24, 2.45) is 0 Å². The van der Waals surface area contributed by atoms with E-state index in [-0.39, 0.29) is 12.1 Å². The third-order valence-electron chi connectivity index (χ3n) is 4.41. The summed E-state index contributed by atoms with van der Waals surface area (Å²) in [4.78, 5) is 11.9. The highest BCUT2D eigenvalue weighted by atomic mass is 16.5. The lowest BCUT2D eigenvalue weighted by Crippen LogP contribution is -2.29. The number of carbonyl (C=O) groups is 1. The molecule has 1 fully saturated rings. The number of carbonyl (C=O) groups excluding carboxylic acids is 1. The number of aromatic amines is 1. The monoisotopic (exact) mass is 358 g/mol. The molecule has 1 aromatic carbocycles. The summed E-state index contributed by atoms with van der Waals surface area (Å²) in [5.41, 5.74) is 3.00. The van der Waals surface area contributed by atoms with Crippen molar-refractivity contribution in [2.45, 2.75) is 38.7 Å². The maximum absolute atomic E-state index is 11.9. The first kappa shape index (κ1) is 18.3. The summed E-state index contributed by atoms with van der Waals surface area (Å²) in [6.45, 7) is 4.01. The molecule has 2 heterocycles. The fraction of sp³-hybridized carbons (Fsp3) is 0.474. The van der Waals surface area contributed by atoms with Crippen molar-refractivity contribution < 1.29 is 14.3 Å². The summed E-state index contributed by atoms with van der Waals surface area (Å²) >= 11 is 0. The minimum Gasteiger partial charge on any atom is -0.491 e. The zero-order valence-electron chi connectivity index (χ0n) is 15.1. The van der Waals surface area contributed by atoms with Gasteiger partial charge in [-0.1, -0.05) is 0 Å². The number of H-pyrrole nitrogens is 1. The Hall–Kier alpha value is -2.54. The first-order chi connectivity index (χ1) is 12.7. The Morgan fingerprint density at radius 3 is 2.92 bits per heavy atom. The molecule has 2 amide bonds. The molecular formula is C19H26N4O3. The lowest BCUT2D eigenvalue weighted by atomic mass is 10.1. The van der Waals surface area contributed by atoms with Crippen LogP contribution in [-0.2, 0) is 11.2 Å². The van der Waals surface area contributed by atoms with Crippen LogP contribution in [0.5, 0.6) is 5.75 Å². The predicted molar refractivity (Wildman–Crippen MR) is 99.6 cm³/mol. The van der Waals surface area contributed by atoms with Gasteiger partial charge in [-0.05, 0) is 62.4 Å². The molecule has 3 rings (SSSR count). The minimum absolute atomic E-state index is 0.199. The van der Waals surface area contributed by atoms with E-state index in [9.17, 15) is 4.79 Å². The van der Waals surface area contributed by atoms with E-state index < -0.39 is 0 Å². The second-order valence-electron chi connectivity index (χ2n) is 6.48. The fourth-order valence-corrected chi connectivity index (χ4v) is 2.88. The molecule has 0 bridgehead atoms. The number of nitrogens with zero attached hydrogens (tertiary/aromatic N) is 1. The Morgan fingerprint density at radius 1 is 1.38 bits per heavy atom. The molecule has 0 aliphatic carbocycles. The average molecular weight is 358 g/mol. The number of rotatable bonds is 8. The van der Waals surface area contributed by atoms with Crippen LogP contribution >= 0.6 is 0 Å². The zero-order valence-corrected chi connectivity index (χ0v) is 15.1. The van der Waals surface area contributed by atoms with Gasteiger partial charge in [0.15, 0.2) is 0 Å². The van der Waals surface area contributed by atoms with Crippen LogP contribution in [0.2, 0.25) is 0 Å². The second-order valence-corrected chi connectivity index (χ2v) is 6.48. The van der Waals surface area contributed by atoms with E-state index >= 15 is 0 Å². The highest BCUT2D eigenvalue weighted by Gasteiger charge is 2.15. The number of aryl methyl sites for hydroxylation is 2. The molecule has 26 heavy (non-hydrogen) atoms. The molecule has 140 valence electrons. The first-order valence-corrected chi connectivity index (χ1v) is 9.09. The lowest BCUT2D eigenvalue weighted by Gasteiger charge is -2.12. The Kier molecular flexibility index (Phi) is 6.49. The van der Waals surface area contributed by atoms with Crippen LogP contribution in [0.15, 0.2) is 30.5 Å². The SMILES string of the molecule is Cc1[nH]ncc1CCCNC(=O)Nc1ccc(OCC2CCCO2)cc1. The van der Waals surface area contributed by atoms with Gasteiger partial charge in [-0.15, -0.1) is 0 Å². The van der Waals surface area contributed by atoms with E-state index in [0.717, 1.165) is 49.4 Å². The van der Waals surface area contributed by atoms with E-state index in [4.69, 9.17) is 9.47 Å². The van der Waals surface area contributed by atoms with Crippen molar-refractivity contribution in [1.82, 2.24) is 15.5 Å². The maximum Gasteiger partial charge on any atom is 0.319 e. The number of ether oxygens (including phenoxy) is 2. The molecule has 2 aromatic rings. The fourth-order valence-electron chi connectivity index (χ4n) is 2.88. The van der Waals surface area contributed by atoms with Crippen LogP contribution < -0.4 is 15.4 Å². The summed E-state index contributed by atoms with van der Waals surface area (Å²) in [7, 11) is 0. The smallest absolute Gasteiger partial charge is 0.319 e. The molecule has 1 aliphatic heterocycles. The van der Waals surface area contributed by atoms with Crippen molar-refractivity contribution in [1.29, 1.82) is 0 Å². The minimum atomic E-state index is -0.207. The van der Waals surface area contributed by atoms with E-state index in [2.05, 4.69) is 20.8 Å². The Morgan fingerprint density at radius 2 is 2.23 bits per heavy atom. The Bertz CT molecular complexity index is 693. The second kappa shape index (κ2) is 9.24. The molecule has 1 saturated heterocycles. The van der Waals surface area contributed by atoms with Crippen molar-refractivity contribution in [2.75, 3.05) is 25.1 Å². The molecule has 0 spiro atoms. The predicted octanol–water partition coefficient (Wildman–Crippen LogP) is 3.03. The molecule has 7 nitrogen and oxygen atoms in total. The van der Waals surface area contributed by atoms with Gasteiger partial charge in [-0.25, -0.2) is 4.79 Å². The number of anilines is 1. The molecule has 1 aromatic heterocycles.